The summed E-state index contributed by atoms with van der Waals surface area (Å²) in [5.74, 6) is -1.69. The zero-order valence-electron chi connectivity index (χ0n) is 16.6. The van der Waals surface area contributed by atoms with Gasteiger partial charge in [-0.1, -0.05) is 0 Å². The van der Waals surface area contributed by atoms with Crippen LogP contribution in [0.15, 0.2) is 42.5 Å². The van der Waals surface area contributed by atoms with Crippen molar-refractivity contribution in [3.63, 3.8) is 0 Å². The molecule has 0 unspecified atom stereocenters. The maximum atomic E-state index is 12.2. The molecule has 2 aromatic carbocycles. The van der Waals surface area contributed by atoms with Crippen molar-refractivity contribution in [3.8, 4) is 0 Å². The first-order valence-electron chi connectivity index (χ1n) is 9.19. The third-order valence-corrected chi connectivity index (χ3v) is 4.26. The van der Waals surface area contributed by atoms with Gasteiger partial charge in [0.25, 0.3) is 0 Å². The summed E-state index contributed by atoms with van der Waals surface area (Å²) in [6.45, 7) is 9.26. The third kappa shape index (κ3) is 5.57. The van der Waals surface area contributed by atoms with Gasteiger partial charge in [-0.05, 0) is 68.8 Å². The Morgan fingerprint density at radius 3 is 1.86 bits per heavy atom. The minimum Gasteiger partial charge on any atom is -0.372 e. The molecule has 0 bridgehead atoms. The van der Waals surface area contributed by atoms with Crippen molar-refractivity contribution in [1.29, 1.82) is 0 Å². The van der Waals surface area contributed by atoms with Gasteiger partial charge in [0, 0.05) is 42.8 Å². The molecule has 148 valence electrons. The molecule has 0 aliphatic heterocycles. The van der Waals surface area contributed by atoms with Crippen LogP contribution in [-0.4, -0.2) is 30.8 Å². The first-order chi connectivity index (χ1) is 13.3. The zero-order valence-corrected chi connectivity index (χ0v) is 16.6. The molecule has 7 heteroatoms. The van der Waals surface area contributed by atoms with Crippen LogP contribution in [0.5, 0.6) is 0 Å². The van der Waals surface area contributed by atoms with Crippen molar-refractivity contribution in [2.24, 2.45) is 0 Å². The zero-order chi connectivity index (χ0) is 20.7. The Bertz CT molecular complexity index is 858. The van der Waals surface area contributed by atoms with Crippen molar-refractivity contribution in [2.45, 2.75) is 27.7 Å². The Morgan fingerprint density at radius 2 is 1.36 bits per heavy atom. The van der Waals surface area contributed by atoms with E-state index in [-0.39, 0.29) is 5.91 Å². The lowest BCUT2D eigenvalue weighted by atomic mass is 10.1. The summed E-state index contributed by atoms with van der Waals surface area (Å²) in [7, 11) is 0. The molecule has 0 aliphatic carbocycles. The molecule has 7 nitrogen and oxygen atoms in total. The molecule has 0 atom stereocenters. The predicted molar refractivity (Wildman–Crippen MR) is 113 cm³/mol. The number of benzene rings is 2. The maximum Gasteiger partial charge on any atom is 0.314 e. The fourth-order valence-corrected chi connectivity index (χ4v) is 2.78. The summed E-state index contributed by atoms with van der Waals surface area (Å²) in [6, 6.07) is 12.2. The van der Waals surface area contributed by atoms with E-state index < -0.39 is 11.8 Å². The number of amides is 3. The lowest BCUT2D eigenvalue weighted by Gasteiger charge is -2.22. The van der Waals surface area contributed by atoms with Gasteiger partial charge in [0.2, 0.25) is 5.91 Å². The molecule has 0 radical (unpaired) electrons. The van der Waals surface area contributed by atoms with Crippen LogP contribution in [-0.2, 0) is 14.4 Å². The first-order valence-corrected chi connectivity index (χ1v) is 9.19. The number of anilines is 4. The Morgan fingerprint density at radius 1 is 0.821 bits per heavy atom. The molecular weight excluding hydrogens is 356 g/mol. The van der Waals surface area contributed by atoms with Crippen molar-refractivity contribution in [3.05, 3.63) is 48.0 Å². The standard InChI is InChI=1S/C21H26N4O3/c1-5-25(6-2)18-11-12-19(14(3)13-18)24-21(28)20(27)23-17-9-7-16(8-10-17)22-15(4)26/h7-13H,5-6H2,1-4H3,(H,22,26)(H,23,27)(H,24,28). The molecule has 3 N–H and O–H groups in total. The van der Waals surface area contributed by atoms with Crippen molar-refractivity contribution < 1.29 is 14.4 Å². The van der Waals surface area contributed by atoms with E-state index in [0.29, 0.717) is 17.1 Å². The Kier molecular flexibility index (Phi) is 7.14. The predicted octanol–water partition coefficient (Wildman–Crippen LogP) is 3.38. The topological polar surface area (TPSA) is 90.5 Å². The lowest BCUT2D eigenvalue weighted by Crippen LogP contribution is -2.29. The molecule has 0 saturated heterocycles. The van der Waals surface area contributed by atoms with Gasteiger partial charge < -0.3 is 20.9 Å². The Labute approximate surface area is 165 Å². The van der Waals surface area contributed by atoms with E-state index in [1.807, 2.05) is 19.1 Å². The number of rotatable bonds is 6. The van der Waals surface area contributed by atoms with E-state index in [1.54, 1.807) is 30.3 Å². The van der Waals surface area contributed by atoms with Crippen LogP contribution in [0.4, 0.5) is 22.7 Å². The number of hydrogen-bond acceptors (Lipinski definition) is 4. The molecule has 0 heterocycles. The highest BCUT2D eigenvalue weighted by atomic mass is 16.2. The minimum atomic E-state index is -0.764. The van der Waals surface area contributed by atoms with Crippen LogP contribution in [0.2, 0.25) is 0 Å². The molecule has 2 aromatic rings. The van der Waals surface area contributed by atoms with Gasteiger partial charge in [0.15, 0.2) is 0 Å². The van der Waals surface area contributed by atoms with E-state index in [2.05, 4.69) is 34.7 Å². The second-order valence-corrected chi connectivity index (χ2v) is 6.34. The molecule has 3 amide bonds. The van der Waals surface area contributed by atoms with Gasteiger partial charge in [-0.3, -0.25) is 14.4 Å². The van der Waals surface area contributed by atoms with E-state index in [1.165, 1.54) is 6.92 Å². The molecule has 0 aliphatic rings. The monoisotopic (exact) mass is 382 g/mol. The number of carbonyl (C=O) groups excluding carboxylic acids is 3. The van der Waals surface area contributed by atoms with Crippen LogP contribution >= 0.6 is 0 Å². The van der Waals surface area contributed by atoms with E-state index in [0.717, 1.165) is 24.3 Å². The summed E-state index contributed by atoms with van der Waals surface area (Å²) >= 11 is 0. The molecule has 0 saturated carbocycles. The fourth-order valence-electron chi connectivity index (χ4n) is 2.78. The number of nitrogens with zero attached hydrogens (tertiary/aromatic N) is 1. The molecule has 0 spiro atoms. The smallest absolute Gasteiger partial charge is 0.314 e. The minimum absolute atomic E-state index is 0.182. The Balaban J connectivity index is 2.00. The van der Waals surface area contributed by atoms with Crippen LogP contribution in [0, 0.1) is 6.92 Å². The molecule has 28 heavy (non-hydrogen) atoms. The van der Waals surface area contributed by atoms with Gasteiger partial charge in [0.05, 0.1) is 0 Å². The van der Waals surface area contributed by atoms with Gasteiger partial charge in [-0.15, -0.1) is 0 Å². The van der Waals surface area contributed by atoms with E-state index >= 15 is 0 Å². The van der Waals surface area contributed by atoms with Gasteiger partial charge in [-0.25, -0.2) is 0 Å². The summed E-state index contributed by atoms with van der Waals surface area (Å²) in [4.78, 5) is 37.6. The molecule has 0 fully saturated rings. The van der Waals surface area contributed by atoms with Gasteiger partial charge >= 0.3 is 11.8 Å². The summed E-state index contributed by atoms with van der Waals surface area (Å²) in [5.41, 5.74) is 3.62. The highest BCUT2D eigenvalue weighted by Crippen LogP contribution is 2.22. The maximum absolute atomic E-state index is 12.2. The average Bonchev–Trinajstić information content (AvgIpc) is 2.66. The summed E-state index contributed by atoms with van der Waals surface area (Å²) in [6.07, 6.45) is 0. The fraction of sp³-hybridized carbons (Fsp3) is 0.286. The van der Waals surface area contributed by atoms with Crippen molar-refractivity contribution in [1.82, 2.24) is 0 Å². The molecular formula is C21H26N4O3. The second kappa shape index (κ2) is 9.55. The largest absolute Gasteiger partial charge is 0.372 e. The van der Waals surface area contributed by atoms with Crippen LogP contribution < -0.4 is 20.9 Å². The third-order valence-electron chi connectivity index (χ3n) is 4.26. The van der Waals surface area contributed by atoms with Crippen LogP contribution in [0.25, 0.3) is 0 Å². The number of carbonyl (C=O) groups is 3. The van der Waals surface area contributed by atoms with E-state index in [9.17, 15) is 14.4 Å². The highest BCUT2D eigenvalue weighted by molar-refractivity contribution is 6.43. The number of aryl methyl sites for hydroxylation is 1. The molecule has 2 rings (SSSR count). The quantitative estimate of drug-likeness (QED) is 0.668. The number of nitrogens with one attached hydrogen (secondary N) is 3. The van der Waals surface area contributed by atoms with Crippen LogP contribution in [0.3, 0.4) is 0 Å². The lowest BCUT2D eigenvalue weighted by molar-refractivity contribution is -0.133. The summed E-state index contributed by atoms with van der Waals surface area (Å²) < 4.78 is 0. The average molecular weight is 382 g/mol. The van der Waals surface area contributed by atoms with Gasteiger partial charge in [-0.2, -0.15) is 0 Å². The SMILES string of the molecule is CCN(CC)c1ccc(NC(=O)C(=O)Nc2ccc(NC(C)=O)cc2)c(C)c1. The van der Waals surface area contributed by atoms with Gasteiger partial charge in [0.1, 0.15) is 0 Å². The summed E-state index contributed by atoms with van der Waals surface area (Å²) in [5, 5.41) is 7.81. The van der Waals surface area contributed by atoms with Crippen LogP contribution in [0.1, 0.15) is 26.3 Å². The second-order valence-electron chi connectivity index (χ2n) is 6.34. The first kappa shape index (κ1) is 21.0. The highest BCUT2D eigenvalue weighted by Gasteiger charge is 2.15. The van der Waals surface area contributed by atoms with Crippen molar-refractivity contribution in [2.75, 3.05) is 33.9 Å². The Hall–Kier alpha value is -3.35. The normalized spacial score (nSPS) is 10.1. The van der Waals surface area contributed by atoms with E-state index in [4.69, 9.17) is 0 Å². The number of hydrogen-bond donors (Lipinski definition) is 3. The molecule has 0 aromatic heterocycles. The van der Waals surface area contributed by atoms with Crippen molar-refractivity contribution >= 4 is 40.5 Å².